The first-order chi connectivity index (χ1) is 15.8. The minimum Gasteiger partial charge on any atom is -0.327 e. The predicted octanol–water partition coefficient (Wildman–Crippen LogP) is 6.40. The fourth-order valence-corrected chi connectivity index (χ4v) is 5.28. The smallest absolute Gasteiger partial charge is 0.165 e. The number of nitriles is 1. The number of carbonyl (C=O) groups excluding carboxylic acids is 1. The van der Waals surface area contributed by atoms with Gasteiger partial charge in [-0.3, -0.25) is 4.79 Å². The number of aromatic nitrogens is 2. The average Bonchev–Trinajstić information content (AvgIpc) is 3.10. The number of aryl methyl sites for hydroxylation is 2. The summed E-state index contributed by atoms with van der Waals surface area (Å²) in [6.07, 6.45) is 3.11. The third kappa shape index (κ3) is 3.54. The van der Waals surface area contributed by atoms with E-state index in [0.717, 1.165) is 51.0 Å². The molecule has 0 saturated carbocycles. The van der Waals surface area contributed by atoms with E-state index < -0.39 is 0 Å². The minimum absolute atomic E-state index is 0.119. The van der Waals surface area contributed by atoms with E-state index in [-0.39, 0.29) is 11.2 Å². The molecule has 0 bridgehead atoms. The lowest BCUT2D eigenvalue weighted by Gasteiger charge is -2.31. The molecule has 164 valence electrons. The van der Waals surface area contributed by atoms with E-state index in [0.29, 0.717) is 24.1 Å². The maximum Gasteiger partial charge on any atom is 0.165 e. The first kappa shape index (κ1) is 21.2. The molecule has 0 saturated heterocycles. The molecule has 0 unspecified atom stereocenters. The number of Topliss-reactive ketones (excluding diaryl/α,β-unsaturated/α-hetero) is 1. The van der Waals surface area contributed by atoms with Gasteiger partial charge in [-0.2, -0.15) is 5.26 Å². The van der Waals surface area contributed by atoms with Crippen molar-refractivity contribution in [2.75, 3.05) is 0 Å². The van der Waals surface area contributed by atoms with Crippen LogP contribution in [0.4, 0.5) is 0 Å². The monoisotopic (exact) mass is 433 g/mol. The summed E-state index contributed by atoms with van der Waals surface area (Å²) < 4.78 is 2.06. The second kappa shape index (κ2) is 7.71. The molecule has 2 aromatic carbocycles. The molecule has 0 fully saturated rings. The Balaban J connectivity index is 1.90. The van der Waals surface area contributed by atoms with Crippen molar-refractivity contribution in [2.45, 2.75) is 47.1 Å². The number of fused-ring (bicyclic) bond motifs is 2. The standard InChI is InChI=1S/C29H27N3O/c1-18-9-8-10-19(2)24(18)27-25-21(15-30)17-32(16-20-11-6-5-7-12-20)28(25)31-22-13-29(3,4)14-23(33)26(22)27/h5-12,17H,13-14,16H2,1-4H3. The van der Waals surface area contributed by atoms with Gasteiger partial charge in [0.1, 0.15) is 11.7 Å². The number of ketones is 1. The number of benzene rings is 2. The Bertz CT molecular complexity index is 1430. The van der Waals surface area contributed by atoms with Crippen LogP contribution in [0.5, 0.6) is 0 Å². The van der Waals surface area contributed by atoms with Gasteiger partial charge in [-0.15, -0.1) is 0 Å². The lowest BCUT2D eigenvalue weighted by Crippen LogP contribution is -2.29. The summed E-state index contributed by atoms with van der Waals surface area (Å²) >= 11 is 0. The largest absolute Gasteiger partial charge is 0.327 e. The van der Waals surface area contributed by atoms with Crippen LogP contribution in [0.15, 0.2) is 54.7 Å². The van der Waals surface area contributed by atoms with E-state index in [1.54, 1.807) is 0 Å². The zero-order valence-electron chi connectivity index (χ0n) is 19.6. The van der Waals surface area contributed by atoms with Gasteiger partial charge in [0.15, 0.2) is 5.78 Å². The third-order valence-electron chi connectivity index (χ3n) is 6.69. The molecule has 1 aliphatic rings. The molecular formula is C29H27N3O. The highest BCUT2D eigenvalue weighted by Crippen LogP contribution is 2.44. The van der Waals surface area contributed by atoms with Crippen LogP contribution in [0.3, 0.4) is 0 Å². The first-order valence-electron chi connectivity index (χ1n) is 11.4. The molecule has 4 aromatic rings. The van der Waals surface area contributed by atoms with Crippen molar-refractivity contribution in [3.8, 4) is 17.2 Å². The first-order valence-corrected chi connectivity index (χ1v) is 11.4. The van der Waals surface area contributed by atoms with E-state index in [1.165, 1.54) is 0 Å². The van der Waals surface area contributed by atoms with Crippen molar-refractivity contribution in [1.29, 1.82) is 5.26 Å². The summed E-state index contributed by atoms with van der Waals surface area (Å²) in [5.74, 6) is 0.119. The molecule has 0 atom stereocenters. The fraction of sp³-hybridized carbons (Fsp3) is 0.276. The molecule has 4 heteroatoms. The van der Waals surface area contributed by atoms with Crippen molar-refractivity contribution in [2.24, 2.45) is 5.41 Å². The van der Waals surface area contributed by atoms with Crippen molar-refractivity contribution in [3.05, 3.63) is 88.2 Å². The number of hydrogen-bond acceptors (Lipinski definition) is 3. The molecule has 0 spiro atoms. The van der Waals surface area contributed by atoms with Crippen LogP contribution < -0.4 is 0 Å². The highest BCUT2D eigenvalue weighted by Gasteiger charge is 2.36. The van der Waals surface area contributed by atoms with Crippen LogP contribution >= 0.6 is 0 Å². The Hall–Kier alpha value is -3.71. The van der Waals surface area contributed by atoms with Gasteiger partial charge in [-0.1, -0.05) is 62.4 Å². The maximum atomic E-state index is 13.5. The van der Waals surface area contributed by atoms with Gasteiger partial charge in [0.25, 0.3) is 0 Å². The molecule has 5 rings (SSSR count). The number of hydrogen-bond donors (Lipinski definition) is 0. The molecular weight excluding hydrogens is 406 g/mol. The second-order valence-electron chi connectivity index (χ2n) is 9.98. The zero-order valence-corrected chi connectivity index (χ0v) is 19.6. The fourth-order valence-electron chi connectivity index (χ4n) is 5.28. The molecule has 2 heterocycles. The highest BCUT2D eigenvalue weighted by molar-refractivity contribution is 6.13. The lowest BCUT2D eigenvalue weighted by atomic mass is 9.73. The van der Waals surface area contributed by atoms with E-state index in [2.05, 4.69) is 62.6 Å². The lowest BCUT2D eigenvalue weighted by molar-refractivity contribution is 0.0911. The average molecular weight is 434 g/mol. The molecule has 1 aliphatic carbocycles. The summed E-state index contributed by atoms with van der Waals surface area (Å²) in [7, 11) is 0. The molecule has 0 amide bonds. The Labute approximate surface area is 194 Å². The van der Waals surface area contributed by atoms with E-state index in [1.807, 2.05) is 30.5 Å². The van der Waals surface area contributed by atoms with Gasteiger partial charge in [0.2, 0.25) is 0 Å². The number of carbonyl (C=O) groups is 1. The Kier molecular flexibility index (Phi) is 4.94. The van der Waals surface area contributed by atoms with Crippen LogP contribution in [-0.2, 0) is 13.0 Å². The minimum atomic E-state index is -0.141. The molecule has 4 nitrogen and oxygen atoms in total. The van der Waals surface area contributed by atoms with Crippen LogP contribution in [0.1, 0.15) is 58.6 Å². The van der Waals surface area contributed by atoms with E-state index in [4.69, 9.17) is 4.98 Å². The summed E-state index contributed by atoms with van der Waals surface area (Å²) in [4.78, 5) is 18.6. The molecule has 0 aliphatic heterocycles. The van der Waals surface area contributed by atoms with Crippen LogP contribution in [0.25, 0.3) is 22.2 Å². The van der Waals surface area contributed by atoms with Crippen LogP contribution in [0, 0.1) is 30.6 Å². The molecule has 0 N–H and O–H groups in total. The Morgan fingerprint density at radius 3 is 2.33 bits per heavy atom. The number of nitrogens with zero attached hydrogens (tertiary/aromatic N) is 3. The molecule has 2 aromatic heterocycles. The van der Waals surface area contributed by atoms with Crippen LogP contribution in [-0.4, -0.2) is 15.3 Å². The number of rotatable bonds is 3. The summed E-state index contributed by atoms with van der Waals surface area (Å²) in [5.41, 5.74) is 8.01. The van der Waals surface area contributed by atoms with E-state index >= 15 is 0 Å². The van der Waals surface area contributed by atoms with Crippen molar-refractivity contribution >= 4 is 16.8 Å². The Morgan fingerprint density at radius 2 is 1.67 bits per heavy atom. The van der Waals surface area contributed by atoms with Crippen LogP contribution in [0.2, 0.25) is 0 Å². The van der Waals surface area contributed by atoms with Gasteiger partial charge in [0.05, 0.1) is 11.3 Å². The van der Waals surface area contributed by atoms with E-state index in [9.17, 15) is 10.1 Å². The molecule has 0 radical (unpaired) electrons. The van der Waals surface area contributed by atoms with Gasteiger partial charge >= 0.3 is 0 Å². The van der Waals surface area contributed by atoms with Crippen molar-refractivity contribution in [1.82, 2.24) is 9.55 Å². The predicted molar refractivity (Wildman–Crippen MR) is 131 cm³/mol. The summed E-state index contributed by atoms with van der Waals surface area (Å²) in [6, 6.07) is 18.8. The SMILES string of the molecule is Cc1cccc(C)c1-c1c2c(nc3c1c(C#N)cn3Cc1ccccc1)CC(C)(C)CC2=O. The van der Waals surface area contributed by atoms with Crippen molar-refractivity contribution in [3.63, 3.8) is 0 Å². The summed E-state index contributed by atoms with van der Waals surface area (Å²) in [5, 5.41) is 10.9. The maximum absolute atomic E-state index is 13.5. The zero-order chi connectivity index (χ0) is 23.3. The normalized spacial score (nSPS) is 14.8. The summed E-state index contributed by atoms with van der Waals surface area (Å²) in [6.45, 7) is 9.02. The van der Waals surface area contributed by atoms with Gasteiger partial charge in [-0.05, 0) is 47.9 Å². The third-order valence-corrected chi connectivity index (χ3v) is 6.69. The second-order valence-corrected chi connectivity index (χ2v) is 9.98. The van der Waals surface area contributed by atoms with Gasteiger partial charge in [-0.25, -0.2) is 4.98 Å². The van der Waals surface area contributed by atoms with Gasteiger partial charge in [0, 0.05) is 35.7 Å². The highest BCUT2D eigenvalue weighted by atomic mass is 16.1. The number of pyridine rings is 1. The topological polar surface area (TPSA) is 58.7 Å². The van der Waals surface area contributed by atoms with Gasteiger partial charge < -0.3 is 4.57 Å². The molecule has 33 heavy (non-hydrogen) atoms. The Morgan fingerprint density at radius 1 is 0.970 bits per heavy atom. The quantitative estimate of drug-likeness (QED) is 0.376. The van der Waals surface area contributed by atoms with Crippen molar-refractivity contribution < 1.29 is 4.79 Å².